The van der Waals surface area contributed by atoms with Crippen LogP contribution in [0.5, 0.6) is 0 Å². The van der Waals surface area contributed by atoms with Crippen molar-refractivity contribution < 1.29 is 4.74 Å². The van der Waals surface area contributed by atoms with E-state index in [2.05, 4.69) is 66.0 Å². The molecule has 0 aliphatic heterocycles. The van der Waals surface area contributed by atoms with Gasteiger partial charge in [-0.25, -0.2) is 0 Å². The molecule has 1 aromatic carbocycles. The van der Waals surface area contributed by atoms with E-state index in [1.807, 2.05) is 0 Å². The van der Waals surface area contributed by atoms with Crippen LogP contribution in [0.15, 0.2) is 24.3 Å². The fourth-order valence-electron chi connectivity index (χ4n) is 1.59. The molecule has 0 aliphatic rings. The Labute approximate surface area is 112 Å². The Morgan fingerprint density at radius 1 is 1.25 bits per heavy atom. The minimum absolute atomic E-state index is 0.399. The lowest BCUT2D eigenvalue weighted by atomic mass is 10.1. The van der Waals surface area contributed by atoms with Gasteiger partial charge in [0.15, 0.2) is 0 Å². The Bertz CT molecular complexity index is 299. The SMILES string of the molecule is COCC(C)CNC(C)c1ccc(I)cc1. The van der Waals surface area contributed by atoms with E-state index in [4.69, 9.17) is 4.74 Å². The van der Waals surface area contributed by atoms with Gasteiger partial charge in [0, 0.05) is 29.9 Å². The monoisotopic (exact) mass is 333 g/mol. The molecular weight excluding hydrogens is 313 g/mol. The number of benzene rings is 1. The summed E-state index contributed by atoms with van der Waals surface area (Å²) >= 11 is 2.33. The highest BCUT2D eigenvalue weighted by Gasteiger charge is 2.07. The van der Waals surface area contributed by atoms with Gasteiger partial charge in [0.05, 0.1) is 0 Å². The van der Waals surface area contributed by atoms with Crippen molar-refractivity contribution in [3.05, 3.63) is 33.4 Å². The van der Waals surface area contributed by atoms with Crippen LogP contribution in [0.1, 0.15) is 25.5 Å². The van der Waals surface area contributed by atoms with Gasteiger partial charge in [-0.1, -0.05) is 19.1 Å². The second-order valence-corrected chi connectivity index (χ2v) is 5.49. The number of ether oxygens (including phenoxy) is 1. The summed E-state index contributed by atoms with van der Waals surface area (Å²) in [6.45, 7) is 6.19. The standard InChI is InChI=1S/C13H20INO/c1-10(9-16-3)8-15-11(2)12-4-6-13(14)7-5-12/h4-7,10-11,15H,8-9H2,1-3H3. The molecule has 0 saturated heterocycles. The van der Waals surface area contributed by atoms with Crippen molar-refractivity contribution in [3.8, 4) is 0 Å². The van der Waals surface area contributed by atoms with Gasteiger partial charge in [0.1, 0.15) is 0 Å². The van der Waals surface area contributed by atoms with Crippen LogP contribution in [-0.2, 0) is 4.74 Å². The summed E-state index contributed by atoms with van der Waals surface area (Å²) in [6, 6.07) is 9.05. The van der Waals surface area contributed by atoms with Gasteiger partial charge in [-0.2, -0.15) is 0 Å². The summed E-state index contributed by atoms with van der Waals surface area (Å²) in [5, 5.41) is 3.52. The number of halogens is 1. The number of methoxy groups -OCH3 is 1. The Morgan fingerprint density at radius 3 is 2.44 bits per heavy atom. The molecule has 1 aromatic rings. The summed E-state index contributed by atoms with van der Waals surface area (Å²) in [4.78, 5) is 0. The van der Waals surface area contributed by atoms with Crippen LogP contribution in [-0.4, -0.2) is 20.3 Å². The van der Waals surface area contributed by atoms with E-state index in [9.17, 15) is 0 Å². The van der Waals surface area contributed by atoms with Gasteiger partial charge < -0.3 is 10.1 Å². The predicted molar refractivity (Wildman–Crippen MR) is 76.6 cm³/mol. The zero-order valence-corrected chi connectivity index (χ0v) is 12.3. The van der Waals surface area contributed by atoms with Gasteiger partial charge in [-0.15, -0.1) is 0 Å². The molecule has 90 valence electrons. The van der Waals surface area contributed by atoms with Gasteiger partial charge in [0.25, 0.3) is 0 Å². The summed E-state index contributed by atoms with van der Waals surface area (Å²) < 4.78 is 6.40. The topological polar surface area (TPSA) is 21.3 Å². The normalized spacial score (nSPS) is 14.8. The molecule has 1 rings (SSSR count). The summed E-state index contributed by atoms with van der Waals surface area (Å²) in [6.07, 6.45) is 0. The van der Waals surface area contributed by atoms with Crippen molar-refractivity contribution in [2.75, 3.05) is 20.3 Å². The van der Waals surface area contributed by atoms with Crippen molar-refractivity contribution in [1.82, 2.24) is 5.32 Å². The van der Waals surface area contributed by atoms with Crippen LogP contribution in [0.2, 0.25) is 0 Å². The van der Waals surface area contributed by atoms with Gasteiger partial charge in [-0.05, 0) is 53.1 Å². The van der Waals surface area contributed by atoms with E-state index in [1.54, 1.807) is 7.11 Å². The zero-order valence-electron chi connectivity index (χ0n) is 10.2. The van der Waals surface area contributed by atoms with Crippen LogP contribution < -0.4 is 5.32 Å². The molecule has 16 heavy (non-hydrogen) atoms. The first kappa shape index (κ1) is 13.9. The third-order valence-electron chi connectivity index (χ3n) is 2.59. The molecule has 0 aliphatic carbocycles. The molecule has 0 bridgehead atoms. The Hall–Kier alpha value is -0.130. The summed E-state index contributed by atoms with van der Waals surface area (Å²) in [7, 11) is 1.75. The molecule has 1 N–H and O–H groups in total. The molecule has 0 saturated carbocycles. The highest BCUT2D eigenvalue weighted by Crippen LogP contribution is 2.14. The third kappa shape index (κ3) is 4.80. The molecule has 0 amide bonds. The Morgan fingerprint density at radius 2 is 1.88 bits per heavy atom. The molecule has 0 fully saturated rings. The van der Waals surface area contributed by atoms with Crippen molar-refractivity contribution in [3.63, 3.8) is 0 Å². The first-order valence-corrected chi connectivity index (χ1v) is 6.69. The fraction of sp³-hybridized carbons (Fsp3) is 0.538. The second-order valence-electron chi connectivity index (χ2n) is 4.24. The summed E-state index contributed by atoms with van der Waals surface area (Å²) in [5.74, 6) is 0.552. The predicted octanol–water partition coefficient (Wildman–Crippen LogP) is 3.22. The van der Waals surface area contributed by atoms with E-state index in [0.717, 1.165) is 13.2 Å². The minimum Gasteiger partial charge on any atom is -0.384 e. The number of hydrogen-bond acceptors (Lipinski definition) is 2. The number of rotatable bonds is 6. The van der Waals surface area contributed by atoms with Crippen molar-refractivity contribution in [2.45, 2.75) is 19.9 Å². The molecule has 2 nitrogen and oxygen atoms in total. The lowest BCUT2D eigenvalue weighted by molar-refractivity contribution is 0.157. The first-order chi connectivity index (χ1) is 7.63. The molecule has 2 unspecified atom stereocenters. The quantitative estimate of drug-likeness (QED) is 0.807. The van der Waals surface area contributed by atoms with E-state index < -0.39 is 0 Å². The average molecular weight is 333 g/mol. The van der Waals surface area contributed by atoms with E-state index in [0.29, 0.717) is 12.0 Å². The molecule has 3 heteroatoms. The molecule has 0 spiro atoms. The van der Waals surface area contributed by atoms with Crippen LogP contribution in [0.25, 0.3) is 0 Å². The Balaban J connectivity index is 2.40. The van der Waals surface area contributed by atoms with Gasteiger partial charge in [0.2, 0.25) is 0 Å². The van der Waals surface area contributed by atoms with Crippen LogP contribution in [0.4, 0.5) is 0 Å². The van der Waals surface area contributed by atoms with Crippen LogP contribution >= 0.6 is 22.6 Å². The highest BCUT2D eigenvalue weighted by molar-refractivity contribution is 14.1. The maximum Gasteiger partial charge on any atom is 0.0499 e. The lowest BCUT2D eigenvalue weighted by Crippen LogP contribution is -2.26. The van der Waals surface area contributed by atoms with Gasteiger partial charge >= 0.3 is 0 Å². The molecule has 0 radical (unpaired) electrons. The van der Waals surface area contributed by atoms with Gasteiger partial charge in [-0.3, -0.25) is 0 Å². The zero-order chi connectivity index (χ0) is 12.0. The Kier molecular flexibility index (Phi) is 6.31. The van der Waals surface area contributed by atoms with E-state index in [-0.39, 0.29) is 0 Å². The van der Waals surface area contributed by atoms with Crippen LogP contribution in [0, 0.1) is 9.49 Å². The highest BCUT2D eigenvalue weighted by atomic mass is 127. The molecule has 0 aromatic heterocycles. The minimum atomic E-state index is 0.399. The maximum atomic E-state index is 5.12. The van der Waals surface area contributed by atoms with Crippen LogP contribution in [0.3, 0.4) is 0 Å². The average Bonchev–Trinajstić information content (AvgIpc) is 2.27. The molecular formula is C13H20INO. The largest absolute Gasteiger partial charge is 0.384 e. The third-order valence-corrected chi connectivity index (χ3v) is 3.31. The number of nitrogens with one attached hydrogen (secondary N) is 1. The first-order valence-electron chi connectivity index (χ1n) is 5.61. The van der Waals surface area contributed by atoms with E-state index >= 15 is 0 Å². The maximum absolute atomic E-state index is 5.12. The molecule has 2 atom stereocenters. The smallest absolute Gasteiger partial charge is 0.0499 e. The van der Waals surface area contributed by atoms with E-state index in [1.165, 1.54) is 9.13 Å². The van der Waals surface area contributed by atoms with Crippen molar-refractivity contribution >= 4 is 22.6 Å². The van der Waals surface area contributed by atoms with Crippen molar-refractivity contribution in [1.29, 1.82) is 0 Å². The lowest BCUT2D eigenvalue weighted by Gasteiger charge is -2.17. The molecule has 0 heterocycles. The second kappa shape index (κ2) is 7.25. The van der Waals surface area contributed by atoms with Crippen molar-refractivity contribution in [2.24, 2.45) is 5.92 Å². The number of hydrogen-bond donors (Lipinski definition) is 1. The summed E-state index contributed by atoms with van der Waals surface area (Å²) in [5.41, 5.74) is 1.34. The fourth-order valence-corrected chi connectivity index (χ4v) is 1.95.